The highest BCUT2D eigenvalue weighted by molar-refractivity contribution is 7.22. The van der Waals surface area contributed by atoms with Crippen LogP contribution in [0.15, 0.2) is 61.2 Å². The normalized spacial score (nSPS) is 11.0. The number of hydrogen-bond acceptors (Lipinski definition) is 5. The van der Waals surface area contributed by atoms with Crippen molar-refractivity contribution in [2.75, 3.05) is 18.1 Å². The van der Waals surface area contributed by atoms with Gasteiger partial charge in [0.1, 0.15) is 5.75 Å². The first kappa shape index (κ1) is 20.1. The van der Waals surface area contributed by atoms with Gasteiger partial charge in [0, 0.05) is 25.5 Å². The van der Waals surface area contributed by atoms with Crippen LogP contribution < -0.4 is 9.64 Å². The maximum absolute atomic E-state index is 13.1. The number of ether oxygens (including phenoxy) is 1. The number of amides is 1. The monoisotopic (exact) mass is 420 g/mol. The van der Waals surface area contributed by atoms with E-state index < -0.39 is 0 Å². The zero-order valence-electron chi connectivity index (χ0n) is 17.1. The van der Waals surface area contributed by atoms with Gasteiger partial charge in [-0.25, -0.2) is 9.97 Å². The van der Waals surface area contributed by atoms with Gasteiger partial charge in [-0.2, -0.15) is 0 Å². The standard InChI is InChI=1S/C23H24N4O2S/c1-17-6-3-8-19(14-17)29-15-21(28)27(12-5-11-26-13-10-24-16-26)23-25-22-18(2)7-4-9-20(22)30-23/h3-4,6-10,13-14,16H,5,11-12,15H2,1-2H3. The van der Waals surface area contributed by atoms with E-state index in [1.807, 2.05) is 67.1 Å². The third kappa shape index (κ3) is 4.68. The Morgan fingerprint density at radius 3 is 2.83 bits per heavy atom. The molecule has 0 aliphatic carbocycles. The number of benzene rings is 2. The lowest BCUT2D eigenvalue weighted by Gasteiger charge is -2.20. The first-order valence-corrected chi connectivity index (χ1v) is 10.7. The smallest absolute Gasteiger partial charge is 0.266 e. The van der Waals surface area contributed by atoms with Crippen LogP contribution in [0.1, 0.15) is 17.5 Å². The van der Waals surface area contributed by atoms with E-state index in [2.05, 4.69) is 4.98 Å². The first-order chi connectivity index (χ1) is 14.6. The van der Waals surface area contributed by atoms with Gasteiger partial charge in [0.25, 0.3) is 5.91 Å². The van der Waals surface area contributed by atoms with Gasteiger partial charge >= 0.3 is 0 Å². The highest BCUT2D eigenvalue weighted by atomic mass is 32.1. The number of aryl methyl sites for hydroxylation is 3. The van der Waals surface area contributed by atoms with Crippen LogP contribution in [-0.2, 0) is 11.3 Å². The molecule has 154 valence electrons. The van der Waals surface area contributed by atoms with E-state index in [1.165, 1.54) is 11.3 Å². The molecule has 30 heavy (non-hydrogen) atoms. The molecule has 4 rings (SSSR count). The second-order valence-electron chi connectivity index (χ2n) is 7.22. The Morgan fingerprint density at radius 1 is 1.20 bits per heavy atom. The van der Waals surface area contributed by atoms with Crippen molar-refractivity contribution in [3.63, 3.8) is 0 Å². The number of rotatable bonds is 8. The summed E-state index contributed by atoms with van der Waals surface area (Å²) in [6.07, 6.45) is 6.26. The predicted molar refractivity (Wildman–Crippen MR) is 120 cm³/mol. The molecule has 0 aliphatic rings. The van der Waals surface area contributed by atoms with Gasteiger partial charge in [-0.3, -0.25) is 9.69 Å². The molecule has 0 spiro atoms. The summed E-state index contributed by atoms with van der Waals surface area (Å²) in [7, 11) is 0. The van der Waals surface area contributed by atoms with Crippen molar-refractivity contribution in [2.45, 2.75) is 26.8 Å². The number of nitrogens with zero attached hydrogens (tertiary/aromatic N) is 4. The highest BCUT2D eigenvalue weighted by Gasteiger charge is 2.20. The minimum Gasteiger partial charge on any atom is -0.484 e. The molecule has 4 aromatic rings. The molecule has 7 heteroatoms. The van der Waals surface area contributed by atoms with Crippen LogP contribution in [0.2, 0.25) is 0 Å². The third-order valence-electron chi connectivity index (χ3n) is 4.85. The average molecular weight is 421 g/mol. The Labute approximate surface area is 179 Å². The molecule has 2 aromatic heterocycles. The Morgan fingerprint density at radius 2 is 2.07 bits per heavy atom. The first-order valence-electron chi connectivity index (χ1n) is 9.92. The van der Waals surface area contributed by atoms with Crippen molar-refractivity contribution in [3.05, 3.63) is 72.3 Å². The van der Waals surface area contributed by atoms with E-state index >= 15 is 0 Å². The van der Waals surface area contributed by atoms with E-state index in [9.17, 15) is 4.79 Å². The fourth-order valence-corrected chi connectivity index (χ4v) is 4.36. The lowest BCUT2D eigenvalue weighted by Crippen LogP contribution is -2.36. The molecule has 0 bridgehead atoms. The van der Waals surface area contributed by atoms with Gasteiger partial charge in [-0.1, -0.05) is 35.6 Å². The van der Waals surface area contributed by atoms with Gasteiger partial charge in [0.05, 0.1) is 16.5 Å². The van der Waals surface area contributed by atoms with Crippen molar-refractivity contribution in [1.29, 1.82) is 0 Å². The van der Waals surface area contributed by atoms with E-state index in [0.29, 0.717) is 17.4 Å². The van der Waals surface area contributed by atoms with Crippen LogP contribution in [0.5, 0.6) is 5.75 Å². The van der Waals surface area contributed by atoms with Crippen LogP contribution >= 0.6 is 11.3 Å². The Kier molecular flexibility index (Phi) is 6.09. The lowest BCUT2D eigenvalue weighted by molar-refractivity contribution is -0.120. The van der Waals surface area contributed by atoms with Crippen molar-refractivity contribution < 1.29 is 9.53 Å². The molecule has 0 N–H and O–H groups in total. The summed E-state index contributed by atoms with van der Waals surface area (Å²) in [5.74, 6) is 0.598. The predicted octanol–water partition coefficient (Wildman–Crippen LogP) is 4.61. The second-order valence-corrected chi connectivity index (χ2v) is 8.23. The fourth-order valence-electron chi connectivity index (χ4n) is 3.28. The largest absolute Gasteiger partial charge is 0.484 e. The van der Waals surface area contributed by atoms with E-state index in [1.54, 1.807) is 17.4 Å². The molecule has 6 nitrogen and oxygen atoms in total. The van der Waals surface area contributed by atoms with Gasteiger partial charge in [0.2, 0.25) is 0 Å². The minimum atomic E-state index is -0.0983. The summed E-state index contributed by atoms with van der Waals surface area (Å²) in [4.78, 5) is 23.7. The topological polar surface area (TPSA) is 60.2 Å². The quantitative estimate of drug-likeness (QED) is 0.418. The summed E-state index contributed by atoms with van der Waals surface area (Å²) in [6.45, 7) is 5.36. The Bertz CT molecular complexity index is 1140. The average Bonchev–Trinajstić information content (AvgIpc) is 3.40. The fraction of sp³-hybridized carbons (Fsp3) is 0.261. The number of carbonyl (C=O) groups excluding carboxylic acids is 1. The maximum Gasteiger partial charge on any atom is 0.266 e. The van der Waals surface area contributed by atoms with Crippen molar-refractivity contribution in [2.24, 2.45) is 0 Å². The lowest BCUT2D eigenvalue weighted by atomic mass is 10.2. The van der Waals surface area contributed by atoms with Gasteiger partial charge in [-0.15, -0.1) is 0 Å². The molecule has 2 aromatic carbocycles. The molecule has 0 fully saturated rings. The molecular weight excluding hydrogens is 396 g/mol. The number of thiazole rings is 1. The van der Waals surface area contributed by atoms with Crippen LogP contribution in [0.25, 0.3) is 10.2 Å². The molecule has 0 saturated heterocycles. The Hall–Kier alpha value is -3.19. The summed E-state index contributed by atoms with van der Waals surface area (Å²) in [6, 6.07) is 13.8. The van der Waals surface area contributed by atoms with Crippen molar-refractivity contribution in [3.8, 4) is 5.75 Å². The number of hydrogen-bond donors (Lipinski definition) is 0. The maximum atomic E-state index is 13.1. The molecule has 2 heterocycles. The van der Waals surface area contributed by atoms with Gasteiger partial charge in [0.15, 0.2) is 11.7 Å². The molecular formula is C23H24N4O2S. The second kappa shape index (κ2) is 9.09. The molecule has 0 radical (unpaired) electrons. The van der Waals surface area contributed by atoms with Gasteiger partial charge < -0.3 is 9.30 Å². The minimum absolute atomic E-state index is 0.0244. The molecule has 0 saturated carbocycles. The zero-order chi connectivity index (χ0) is 20.9. The number of anilines is 1. The van der Waals surface area contributed by atoms with E-state index in [4.69, 9.17) is 9.72 Å². The van der Waals surface area contributed by atoms with E-state index in [-0.39, 0.29) is 12.5 Å². The molecule has 0 atom stereocenters. The van der Waals surface area contributed by atoms with Crippen molar-refractivity contribution in [1.82, 2.24) is 14.5 Å². The van der Waals surface area contributed by atoms with Crippen molar-refractivity contribution >= 4 is 32.6 Å². The van der Waals surface area contributed by atoms with Crippen LogP contribution in [0.3, 0.4) is 0 Å². The van der Waals surface area contributed by atoms with Gasteiger partial charge in [-0.05, 0) is 49.6 Å². The number of fused-ring (bicyclic) bond motifs is 1. The van der Waals surface area contributed by atoms with Crippen LogP contribution in [0, 0.1) is 13.8 Å². The SMILES string of the molecule is Cc1cccc(OCC(=O)N(CCCn2ccnc2)c2nc3c(C)cccc3s2)c1. The van der Waals surface area contributed by atoms with E-state index in [0.717, 1.165) is 34.3 Å². The molecule has 0 aliphatic heterocycles. The number of imidazole rings is 1. The highest BCUT2D eigenvalue weighted by Crippen LogP contribution is 2.31. The number of carbonyl (C=O) groups is 1. The summed E-state index contributed by atoms with van der Waals surface area (Å²) in [5.41, 5.74) is 3.15. The summed E-state index contributed by atoms with van der Waals surface area (Å²) >= 11 is 1.54. The number of para-hydroxylation sites is 1. The van der Waals surface area contributed by atoms with Crippen LogP contribution in [0.4, 0.5) is 5.13 Å². The third-order valence-corrected chi connectivity index (χ3v) is 5.89. The molecule has 0 unspecified atom stereocenters. The summed E-state index contributed by atoms with van der Waals surface area (Å²) < 4.78 is 8.86. The molecule has 1 amide bonds. The number of aromatic nitrogens is 3. The Balaban J connectivity index is 1.52. The van der Waals surface area contributed by atoms with Crippen LogP contribution in [-0.4, -0.2) is 33.6 Å². The summed E-state index contributed by atoms with van der Waals surface area (Å²) in [5, 5.41) is 0.711. The zero-order valence-corrected chi connectivity index (χ0v) is 17.9.